The van der Waals surface area contributed by atoms with Crippen LogP contribution >= 0.6 is 0 Å². The molecule has 0 aliphatic carbocycles. The number of amides is 1. The van der Waals surface area contributed by atoms with Gasteiger partial charge in [-0.3, -0.25) is 14.5 Å². The van der Waals surface area contributed by atoms with Crippen molar-refractivity contribution in [3.8, 4) is 11.4 Å². The van der Waals surface area contributed by atoms with Gasteiger partial charge in [0, 0.05) is 35.2 Å². The summed E-state index contributed by atoms with van der Waals surface area (Å²) in [6.07, 6.45) is 2.69. The molecule has 3 aromatic rings. The molecule has 1 aliphatic heterocycles. The zero-order chi connectivity index (χ0) is 25.1. The Balaban J connectivity index is 1.20. The topological polar surface area (TPSA) is 127 Å². The molecule has 1 aliphatic rings. The van der Waals surface area contributed by atoms with E-state index < -0.39 is 10.0 Å². The fraction of sp³-hybridized carbons (Fsp3) is 0.360. The Morgan fingerprint density at radius 2 is 1.80 bits per heavy atom. The van der Waals surface area contributed by atoms with Crippen LogP contribution in [0.2, 0.25) is 0 Å². The quantitative estimate of drug-likeness (QED) is 0.449. The number of hydrogen-bond acceptors (Lipinski definition) is 7. The molecule has 2 N–H and O–H groups in total. The lowest BCUT2D eigenvalue weighted by molar-refractivity contribution is -0.116. The molecule has 2 heterocycles. The van der Waals surface area contributed by atoms with E-state index in [2.05, 4.69) is 25.2 Å². The largest absolute Gasteiger partial charge is 0.338 e. The summed E-state index contributed by atoms with van der Waals surface area (Å²) in [6, 6.07) is 14.1. The summed E-state index contributed by atoms with van der Waals surface area (Å²) in [5.41, 5.74) is 1.91. The van der Waals surface area contributed by atoms with Crippen molar-refractivity contribution in [3.63, 3.8) is 0 Å². The smallest absolute Gasteiger partial charge is 0.263 e. The van der Waals surface area contributed by atoms with Gasteiger partial charge in [-0.1, -0.05) is 44.5 Å². The van der Waals surface area contributed by atoms with Gasteiger partial charge < -0.3 is 9.84 Å². The molecule has 2 aromatic carbocycles. The highest BCUT2D eigenvalue weighted by atomic mass is 32.2. The van der Waals surface area contributed by atoms with Gasteiger partial charge >= 0.3 is 0 Å². The maximum absolute atomic E-state index is 12.3. The van der Waals surface area contributed by atoms with Crippen LogP contribution in [-0.4, -0.2) is 36.8 Å². The first-order valence-electron chi connectivity index (χ1n) is 11.5. The molecular weight excluding hydrogens is 466 g/mol. The summed E-state index contributed by atoms with van der Waals surface area (Å²) in [5.74, 6) is 1.42. The lowest BCUT2D eigenvalue weighted by Crippen LogP contribution is -2.22. The molecule has 0 radical (unpaired) electrons. The zero-order valence-electron chi connectivity index (χ0n) is 20.0. The van der Waals surface area contributed by atoms with Crippen LogP contribution in [0.4, 0.5) is 5.69 Å². The van der Waals surface area contributed by atoms with Crippen molar-refractivity contribution < 1.29 is 17.7 Å². The number of rotatable bonds is 8. The summed E-state index contributed by atoms with van der Waals surface area (Å²) >= 11 is 0. The molecule has 0 saturated carbocycles. The van der Waals surface area contributed by atoms with E-state index in [1.54, 1.807) is 24.3 Å². The predicted octanol–water partition coefficient (Wildman–Crippen LogP) is 4.27. The average molecular weight is 496 g/mol. The number of nitrogens with one attached hydrogen (secondary N) is 2. The molecule has 0 fully saturated rings. The Kier molecular flexibility index (Phi) is 7.02. The van der Waals surface area contributed by atoms with Crippen LogP contribution in [0.1, 0.15) is 57.9 Å². The summed E-state index contributed by atoms with van der Waals surface area (Å²) in [5, 5.41) is 6.93. The van der Waals surface area contributed by atoms with Crippen LogP contribution in [-0.2, 0) is 20.2 Å². The molecule has 4 rings (SSSR count). The SMILES string of the molecule is CC(C)(C)c1nc(-c2ccc(NC(=O)CCCCCN=C3NS(=O)(=O)c4ccccc43)cc2)no1. The third-order valence-corrected chi connectivity index (χ3v) is 6.89. The highest BCUT2D eigenvalue weighted by molar-refractivity contribution is 7.90. The molecule has 0 unspecified atom stereocenters. The lowest BCUT2D eigenvalue weighted by Gasteiger charge is -2.10. The third-order valence-electron chi connectivity index (χ3n) is 5.49. The van der Waals surface area contributed by atoms with Crippen molar-refractivity contribution in [1.82, 2.24) is 14.9 Å². The summed E-state index contributed by atoms with van der Waals surface area (Å²) < 4.78 is 32.0. The molecule has 0 spiro atoms. The Bertz CT molecular complexity index is 1340. The summed E-state index contributed by atoms with van der Waals surface area (Å²) in [4.78, 5) is 21.4. The van der Waals surface area contributed by atoms with Crippen LogP contribution in [0.25, 0.3) is 11.4 Å². The molecule has 0 saturated heterocycles. The van der Waals surface area contributed by atoms with Gasteiger partial charge in [0.15, 0.2) is 0 Å². The third kappa shape index (κ3) is 5.94. The van der Waals surface area contributed by atoms with Crippen molar-refractivity contribution in [1.29, 1.82) is 0 Å². The van der Waals surface area contributed by atoms with Crippen LogP contribution in [0.5, 0.6) is 0 Å². The molecule has 184 valence electrons. The molecule has 0 bridgehead atoms. The van der Waals surface area contributed by atoms with E-state index in [1.807, 2.05) is 45.0 Å². The van der Waals surface area contributed by atoms with E-state index in [9.17, 15) is 13.2 Å². The average Bonchev–Trinajstić information content (AvgIpc) is 3.40. The Morgan fingerprint density at radius 3 is 2.51 bits per heavy atom. The fourth-order valence-electron chi connectivity index (χ4n) is 3.59. The zero-order valence-corrected chi connectivity index (χ0v) is 20.9. The number of carbonyl (C=O) groups is 1. The number of aliphatic imine (C=N–C) groups is 1. The molecule has 9 nitrogen and oxygen atoms in total. The molecule has 1 amide bonds. The predicted molar refractivity (Wildman–Crippen MR) is 134 cm³/mol. The minimum atomic E-state index is -3.51. The molecule has 10 heteroatoms. The van der Waals surface area contributed by atoms with Crippen molar-refractivity contribution in [3.05, 3.63) is 60.0 Å². The first-order valence-corrected chi connectivity index (χ1v) is 13.0. The van der Waals surface area contributed by atoms with E-state index in [1.165, 1.54) is 0 Å². The van der Waals surface area contributed by atoms with Crippen molar-refractivity contribution >= 4 is 27.5 Å². The maximum atomic E-state index is 12.3. The molecule has 1 aromatic heterocycles. The second-order valence-electron chi connectivity index (χ2n) is 9.44. The number of sulfonamides is 1. The number of unbranched alkanes of at least 4 members (excludes halogenated alkanes) is 2. The molecule has 35 heavy (non-hydrogen) atoms. The van der Waals surface area contributed by atoms with E-state index in [4.69, 9.17) is 4.52 Å². The number of benzene rings is 2. The molecular formula is C25H29N5O4S. The van der Waals surface area contributed by atoms with Gasteiger partial charge in [-0.15, -0.1) is 0 Å². The van der Waals surface area contributed by atoms with Crippen LogP contribution in [0.3, 0.4) is 0 Å². The highest BCUT2D eigenvalue weighted by Crippen LogP contribution is 2.25. The van der Waals surface area contributed by atoms with Crippen molar-refractivity contribution in [2.24, 2.45) is 4.99 Å². The van der Waals surface area contributed by atoms with E-state index in [0.717, 1.165) is 24.8 Å². The Hall–Kier alpha value is -3.53. The van der Waals surface area contributed by atoms with Gasteiger partial charge in [0.2, 0.25) is 17.6 Å². The van der Waals surface area contributed by atoms with Crippen molar-refractivity contribution in [2.75, 3.05) is 11.9 Å². The second kappa shape index (κ2) is 9.99. The number of nitrogens with zero attached hydrogens (tertiary/aromatic N) is 3. The highest BCUT2D eigenvalue weighted by Gasteiger charge is 2.29. The maximum Gasteiger partial charge on any atom is 0.263 e. The summed E-state index contributed by atoms with van der Waals surface area (Å²) in [7, 11) is -3.51. The van der Waals surface area contributed by atoms with Crippen LogP contribution < -0.4 is 10.0 Å². The number of carbonyl (C=O) groups excluding carboxylic acids is 1. The van der Waals surface area contributed by atoms with Gasteiger partial charge in [0.05, 0.1) is 4.90 Å². The van der Waals surface area contributed by atoms with Gasteiger partial charge in [-0.2, -0.15) is 4.98 Å². The van der Waals surface area contributed by atoms with E-state index >= 15 is 0 Å². The first-order chi connectivity index (χ1) is 16.6. The number of hydrogen-bond donors (Lipinski definition) is 2. The number of amidine groups is 1. The van der Waals surface area contributed by atoms with E-state index in [-0.39, 0.29) is 16.2 Å². The van der Waals surface area contributed by atoms with Crippen LogP contribution in [0, 0.1) is 0 Å². The van der Waals surface area contributed by atoms with Gasteiger partial charge in [0.1, 0.15) is 5.84 Å². The minimum Gasteiger partial charge on any atom is -0.338 e. The van der Waals surface area contributed by atoms with Gasteiger partial charge in [-0.05, 0) is 49.2 Å². The molecule has 0 atom stereocenters. The fourth-order valence-corrected chi connectivity index (χ4v) is 4.84. The van der Waals surface area contributed by atoms with Crippen molar-refractivity contribution in [2.45, 2.75) is 56.8 Å². The van der Waals surface area contributed by atoms with Gasteiger partial charge in [-0.25, -0.2) is 8.42 Å². The van der Waals surface area contributed by atoms with E-state index in [0.29, 0.717) is 41.8 Å². The Morgan fingerprint density at radius 1 is 1.06 bits per heavy atom. The second-order valence-corrected chi connectivity index (χ2v) is 11.1. The normalized spacial score (nSPS) is 15.6. The lowest BCUT2D eigenvalue weighted by atomic mass is 9.97. The standard InChI is InChI=1S/C25H29N5O4S/c1-25(2,3)24-28-22(29-34-24)17-12-14-18(15-13-17)27-21(31)11-5-4-8-16-26-23-19-9-6-7-10-20(19)35(32,33)30-23/h6-7,9-10,12-15H,4-5,8,11,16H2,1-3H3,(H,26,30)(H,27,31). The van der Waals surface area contributed by atoms with Crippen LogP contribution in [0.15, 0.2) is 62.9 Å². The Labute approximate surface area is 205 Å². The monoisotopic (exact) mass is 495 g/mol. The number of anilines is 1. The number of fused-ring (bicyclic) bond motifs is 1. The number of aromatic nitrogens is 2. The van der Waals surface area contributed by atoms with Gasteiger partial charge in [0.25, 0.3) is 10.0 Å². The first kappa shape index (κ1) is 24.6. The summed E-state index contributed by atoms with van der Waals surface area (Å²) in [6.45, 7) is 6.52. The minimum absolute atomic E-state index is 0.0591.